The summed E-state index contributed by atoms with van der Waals surface area (Å²) in [6.45, 7) is 1.92. The summed E-state index contributed by atoms with van der Waals surface area (Å²) in [6.07, 6.45) is 1.56. The van der Waals surface area contributed by atoms with E-state index in [0.29, 0.717) is 5.56 Å². The molecule has 0 bridgehead atoms. The van der Waals surface area contributed by atoms with Gasteiger partial charge in [0.1, 0.15) is 5.82 Å². The minimum atomic E-state index is -0.519. The highest BCUT2D eigenvalue weighted by Crippen LogP contribution is 2.48. The molecular weight excluding hydrogens is 291 g/mol. The van der Waals surface area contributed by atoms with Crippen molar-refractivity contribution in [3.05, 3.63) is 71.0 Å². The average molecular weight is 308 g/mol. The number of amides is 1. The molecule has 2 aromatic rings. The van der Waals surface area contributed by atoms with Crippen LogP contribution in [0, 0.1) is 17.1 Å². The molecule has 1 atom stereocenters. The zero-order chi connectivity index (χ0) is 16.4. The van der Waals surface area contributed by atoms with E-state index in [4.69, 9.17) is 5.26 Å². The van der Waals surface area contributed by atoms with E-state index in [1.807, 2.05) is 19.1 Å². The zero-order valence-corrected chi connectivity index (χ0v) is 12.8. The van der Waals surface area contributed by atoms with E-state index in [1.54, 1.807) is 24.3 Å². The number of carbonyl (C=O) groups excluding carboxylic acids is 1. The summed E-state index contributed by atoms with van der Waals surface area (Å²) in [6, 6.07) is 15.3. The molecule has 1 aliphatic rings. The fourth-order valence-corrected chi connectivity index (χ4v) is 2.81. The number of halogens is 1. The second-order valence-corrected chi connectivity index (χ2v) is 6.02. The normalized spacial score (nSPS) is 16.2. The van der Waals surface area contributed by atoms with Gasteiger partial charge in [-0.05, 0) is 55.2 Å². The van der Waals surface area contributed by atoms with Gasteiger partial charge >= 0.3 is 0 Å². The maximum Gasteiger partial charge on any atom is 0.231 e. The molecule has 0 spiro atoms. The number of hydrogen-bond acceptors (Lipinski definition) is 2. The van der Waals surface area contributed by atoms with Crippen LogP contribution in [0.15, 0.2) is 48.5 Å². The van der Waals surface area contributed by atoms with Crippen molar-refractivity contribution in [1.29, 1.82) is 5.26 Å². The summed E-state index contributed by atoms with van der Waals surface area (Å²) in [7, 11) is 0. The minimum absolute atomic E-state index is 0.0269. The van der Waals surface area contributed by atoms with Crippen molar-refractivity contribution in [2.75, 3.05) is 0 Å². The Morgan fingerprint density at radius 3 is 2.30 bits per heavy atom. The SMILES string of the molecule is C[C@H](NC(=O)C1(c2ccc(F)cc2)CC1)c1ccc(C#N)cc1. The van der Waals surface area contributed by atoms with Crippen molar-refractivity contribution in [3.63, 3.8) is 0 Å². The molecule has 1 N–H and O–H groups in total. The van der Waals surface area contributed by atoms with E-state index in [-0.39, 0.29) is 17.8 Å². The quantitative estimate of drug-likeness (QED) is 0.938. The molecule has 3 rings (SSSR count). The van der Waals surface area contributed by atoms with Crippen LogP contribution in [-0.2, 0) is 10.2 Å². The van der Waals surface area contributed by atoms with Crippen LogP contribution in [0.3, 0.4) is 0 Å². The van der Waals surface area contributed by atoms with Crippen molar-refractivity contribution < 1.29 is 9.18 Å². The molecule has 0 unspecified atom stereocenters. The fraction of sp³-hybridized carbons (Fsp3) is 0.263. The van der Waals surface area contributed by atoms with Gasteiger partial charge < -0.3 is 5.32 Å². The third-order valence-corrected chi connectivity index (χ3v) is 4.47. The summed E-state index contributed by atoms with van der Waals surface area (Å²) in [4.78, 5) is 12.7. The Hall–Kier alpha value is -2.67. The number of rotatable bonds is 4. The second-order valence-electron chi connectivity index (χ2n) is 6.02. The van der Waals surface area contributed by atoms with Crippen LogP contribution in [0.4, 0.5) is 4.39 Å². The molecule has 4 heteroatoms. The van der Waals surface area contributed by atoms with Crippen molar-refractivity contribution in [3.8, 4) is 6.07 Å². The lowest BCUT2D eigenvalue weighted by Crippen LogP contribution is -2.36. The summed E-state index contributed by atoms with van der Waals surface area (Å²) >= 11 is 0. The molecule has 0 aliphatic heterocycles. The molecule has 0 heterocycles. The van der Waals surface area contributed by atoms with Crippen molar-refractivity contribution in [1.82, 2.24) is 5.32 Å². The third kappa shape index (κ3) is 2.95. The van der Waals surface area contributed by atoms with E-state index in [2.05, 4.69) is 11.4 Å². The number of carbonyl (C=O) groups is 1. The maximum absolute atomic E-state index is 13.1. The third-order valence-electron chi connectivity index (χ3n) is 4.47. The lowest BCUT2D eigenvalue weighted by molar-refractivity contribution is -0.124. The number of nitrogens with zero attached hydrogens (tertiary/aromatic N) is 1. The Balaban J connectivity index is 1.73. The van der Waals surface area contributed by atoms with Gasteiger partial charge in [-0.3, -0.25) is 4.79 Å². The highest BCUT2D eigenvalue weighted by molar-refractivity contribution is 5.91. The van der Waals surface area contributed by atoms with Gasteiger partial charge in [-0.25, -0.2) is 4.39 Å². The first kappa shape index (κ1) is 15.2. The first-order chi connectivity index (χ1) is 11.0. The lowest BCUT2D eigenvalue weighted by atomic mass is 9.94. The van der Waals surface area contributed by atoms with E-state index in [1.165, 1.54) is 12.1 Å². The van der Waals surface area contributed by atoms with Gasteiger partial charge in [0.2, 0.25) is 5.91 Å². The monoisotopic (exact) mass is 308 g/mol. The molecule has 0 saturated heterocycles. The summed E-state index contributed by atoms with van der Waals surface area (Å²) < 4.78 is 13.1. The number of nitriles is 1. The Morgan fingerprint density at radius 1 is 1.17 bits per heavy atom. The molecule has 1 aliphatic carbocycles. The summed E-state index contributed by atoms with van der Waals surface area (Å²) in [5.74, 6) is -0.322. The molecule has 0 aromatic heterocycles. The van der Waals surface area contributed by atoms with Crippen LogP contribution in [0.1, 0.15) is 42.5 Å². The smallest absolute Gasteiger partial charge is 0.231 e. The van der Waals surface area contributed by atoms with Crippen LogP contribution >= 0.6 is 0 Å². The van der Waals surface area contributed by atoms with Crippen molar-refractivity contribution >= 4 is 5.91 Å². The molecule has 116 valence electrons. The first-order valence-corrected chi connectivity index (χ1v) is 7.62. The van der Waals surface area contributed by atoms with E-state index in [0.717, 1.165) is 24.0 Å². The zero-order valence-electron chi connectivity index (χ0n) is 12.8. The lowest BCUT2D eigenvalue weighted by Gasteiger charge is -2.20. The number of hydrogen-bond donors (Lipinski definition) is 1. The van der Waals surface area contributed by atoms with E-state index >= 15 is 0 Å². The highest BCUT2D eigenvalue weighted by atomic mass is 19.1. The fourth-order valence-electron chi connectivity index (χ4n) is 2.81. The van der Waals surface area contributed by atoms with Gasteiger partial charge in [0, 0.05) is 0 Å². The van der Waals surface area contributed by atoms with E-state index < -0.39 is 5.41 Å². The Labute approximate surface area is 134 Å². The van der Waals surface area contributed by atoms with Gasteiger partial charge in [-0.1, -0.05) is 24.3 Å². The standard InChI is InChI=1S/C19H17FN2O/c1-13(15-4-2-14(12-21)3-5-15)22-18(23)19(10-11-19)16-6-8-17(20)9-7-16/h2-9,13H,10-11H2,1H3,(H,22,23)/t13-/m0/s1. The Bertz CT molecular complexity index is 755. The molecule has 1 amide bonds. The van der Waals surface area contributed by atoms with Crippen LogP contribution < -0.4 is 5.32 Å². The van der Waals surface area contributed by atoms with Gasteiger partial charge in [0.05, 0.1) is 23.1 Å². The van der Waals surface area contributed by atoms with Crippen LogP contribution in [-0.4, -0.2) is 5.91 Å². The van der Waals surface area contributed by atoms with Crippen LogP contribution in [0.2, 0.25) is 0 Å². The minimum Gasteiger partial charge on any atom is -0.349 e. The Morgan fingerprint density at radius 2 is 1.78 bits per heavy atom. The summed E-state index contributed by atoms with van der Waals surface area (Å²) in [5, 5.41) is 11.9. The molecule has 1 fully saturated rings. The molecule has 23 heavy (non-hydrogen) atoms. The predicted octanol–water partition coefficient (Wildman–Crippen LogP) is 3.61. The first-order valence-electron chi connectivity index (χ1n) is 7.62. The number of nitrogens with one attached hydrogen (secondary N) is 1. The van der Waals surface area contributed by atoms with Gasteiger partial charge in [-0.2, -0.15) is 5.26 Å². The second kappa shape index (κ2) is 5.85. The maximum atomic E-state index is 13.1. The highest BCUT2D eigenvalue weighted by Gasteiger charge is 2.51. The Kier molecular flexibility index (Phi) is 3.87. The van der Waals surface area contributed by atoms with Crippen LogP contribution in [0.25, 0.3) is 0 Å². The summed E-state index contributed by atoms with van der Waals surface area (Å²) in [5.41, 5.74) is 1.89. The molecule has 0 radical (unpaired) electrons. The molecule has 3 nitrogen and oxygen atoms in total. The average Bonchev–Trinajstić information content (AvgIpc) is 3.37. The van der Waals surface area contributed by atoms with E-state index in [9.17, 15) is 9.18 Å². The van der Waals surface area contributed by atoms with Gasteiger partial charge in [0.25, 0.3) is 0 Å². The van der Waals surface area contributed by atoms with Crippen molar-refractivity contribution in [2.24, 2.45) is 0 Å². The largest absolute Gasteiger partial charge is 0.349 e. The van der Waals surface area contributed by atoms with Crippen molar-refractivity contribution in [2.45, 2.75) is 31.2 Å². The van der Waals surface area contributed by atoms with Gasteiger partial charge in [-0.15, -0.1) is 0 Å². The molecule has 1 saturated carbocycles. The number of benzene rings is 2. The molecular formula is C19H17FN2O. The topological polar surface area (TPSA) is 52.9 Å². The van der Waals surface area contributed by atoms with Gasteiger partial charge in [0.15, 0.2) is 0 Å². The predicted molar refractivity (Wildman–Crippen MR) is 85.0 cm³/mol. The molecule has 2 aromatic carbocycles. The van der Waals surface area contributed by atoms with Crippen LogP contribution in [0.5, 0.6) is 0 Å².